The van der Waals surface area contributed by atoms with Gasteiger partial charge < -0.3 is 0 Å². The van der Waals surface area contributed by atoms with Gasteiger partial charge in [-0.15, -0.1) is 0 Å². The van der Waals surface area contributed by atoms with E-state index in [4.69, 9.17) is 22.4 Å². The lowest BCUT2D eigenvalue weighted by Crippen LogP contribution is -2.22. The highest BCUT2D eigenvalue weighted by molar-refractivity contribution is 6.30. The topological polar surface area (TPSA) is 84.6 Å². The van der Waals surface area contributed by atoms with Crippen LogP contribution in [0.15, 0.2) is 29.4 Å². The van der Waals surface area contributed by atoms with E-state index in [0.717, 1.165) is 5.56 Å². The standard InChI is InChI=1S/C10H10ClN5/c11-9-3-1-2-8(6-9)10(7-12)14-4-5-15-16-13/h1-3,6,10,14H,4-5H2. The number of nitrogens with one attached hydrogen (secondary N) is 1. The first kappa shape index (κ1) is 12.3. The summed E-state index contributed by atoms with van der Waals surface area (Å²) in [6, 6.07) is 8.77. The summed E-state index contributed by atoms with van der Waals surface area (Å²) in [7, 11) is 0. The number of azide groups is 1. The summed E-state index contributed by atoms with van der Waals surface area (Å²) < 4.78 is 0. The van der Waals surface area contributed by atoms with Crippen molar-refractivity contribution in [3.63, 3.8) is 0 Å². The maximum absolute atomic E-state index is 8.97. The van der Waals surface area contributed by atoms with Crippen LogP contribution in [0.5, 0.6) is 0 Å². The molecule has 0 spiro atoms. The van der Waals surface area contributed by atoms with Gasteiger partial charge in [0.1, 0.15) is 6.04 Å². The molecular weight excluding hydrogens is 226 g/mol. The van der Waals surface area contributed by atoms with Gasteiger partial charge in [-0.25, -0.2) is 0 Å². The summed E-state index contributed by atoms with van der Waals surface area (Å²) in [6.45, 7) is 0.768. The number of nitriles is 1. The molecule has 1 aromatic rings. The quantitative estimate of drug-likeness (QED) is 0.368. The van der Waals surface area contributed by atoms with Crippen LogP contribution < -0.4 is 5.32 Å². The molecule has 0 saturated carbocycles. The van der Waals surface area contributed by atoms with Crippen LogP contribution in [0.3, 0.4) is 0 Å². The Balaban J connectivity index is 2.61. The molecule has 1 atom stereocenters. The van der Waals surface area contributed by atoms with Gasteiger partial charge in [-0.3, -0.25) is 5.32 Å². The number of nitrogens with zero attached hydrogens (tertiary/aromatic N) is 4. The van der Waals surface area contributed by atoms with Gasteiger partial charge in [0.25, 0.3) is 0 Å². The highest BCUT2D eigenvalue weighted by atomic mass is 35.5. The van der Waals surface area contributed by atoms with Crippen LogP contribution in [0.25, 0.3) is 10.4 Å². The van der Waals surface area contributed by atoms with Crippen LogP contribution in [-0.4, -0.2) is 13.1 Å². The lowest BCUT2D eigenvalue weighted by molar-refractivity contribution is 0.635. The Kier molecular flexibility index (Phi) is 5.17. The van der Waals surface area contributed by atoms with E-state index >= 15 is 0 Å². The fraction of sp³-hybridized carbons (Fsp3) is 0.300. The second-order valence-electron chi connectivity index (χ2n) is 3.03. The van der Waals surface area contributed by atoms with Crippen molar-refractivity contribution in [2.75, 3.05) is 13.1 Å². The maximum Gasteiger partial charge on any atom is 0.121 e. The first-order valence-corrected chi connectivity index (χ1v) is 5.05. The van der Waals surface area contributed by atoms with Gasteiger partial charge in [0, 0.05) is 23.0 Å². The fourth-order valence-electron chi connectivity index (χ4n) is 1.23. The number of rotatable bonds is 5. The van der Waals surface area contributed by atoms with Crippen molar-refractivity contribution < 1.29 is 0 Å². The zero-order chi connectivity index (χ0) is 11.8. The Labute approximate surface area is 98.3 Å². The summed E-state index contributed by atoms with van der Waals surface area (Å²) in [5, 5.41) is 15.9. The minimum atomic E-state index is -0.437. The lowest BCUT2D eigenvalue weighted by atomic mass is 10.1. The minimum Gasteiger partial charge on any atom is -0.298 e. The maximum atomic E-state index is 8.97. The molecule has 1 rings (SSSR count). The third-order valence-corrected chi connectivity index (χ3v) is 2.17. The van der Waals surface area contributed by atoms with Crippen molar-refractivity contribution in [1.82, 2.24) is 5.32 Å². The molecule has 0 aliphatic rings. The largest absolute Gasteiger partial charge is 0.298 e. The first-order chi connectivity index (χ1) is 7.77. The van der Waals surface area contributed by atoms with E-state index in [1.165, 1.54) is 0 Å². The monoisotopic (exact) mass is 235 g/mol. The van der Waals surface area contributed by atoms with E-state index in [1.807, 2.05) is 6.07 Å². The van der Waals surface area contributed by atoms with Crippen LogP contribution >= 0.6 is 11.6 Å². The average Bonchev–Trinajstić information content (AvgIpc) is 2.29. The highest BCUT2D eigenvalue weighted by Crippen LogP contribution is 2.16. The van der Waals surface area contributed by atoms with Crippen LogP contribution in [0.2, 0.25) is 5.02 Å². The van der Waals surface area contributed by atoms with E-state index in [0.29, 0.717) is 18.1 Å². The van der Waals surface area contributed by atoms with E-state index < -0.39 is 6.04 Å². The SMILES string of the molecule is N#CC(NCCN=[N+]=[N-])c1cccc(Cl)c1. The van der Waals surface area contributed by atoms with Gasteiger partial charge in [-0.2, -0.15) is 5.26 Å². The van der Waals surface area contributed by atoms with Crippen molar-refractivity contribution in [1.29, 1.82) is 5.26 Å². The zero-order valence-corrected chi connectivity index (χ0v) is 9.22. The number of halogens is 1. The molecule has 0 amide bonds. The van der Waals surface area contributed by atoms with E-state index in [-0.39, 0.29) is 0 Å². The molecule has 6 heteroatoms. The second-order valence-corrected chi connectivity index (χ2v) is 3.46. The van der Waals surface area contributed by atoms with Crippen molar-refractivity contribution in [3.05, 3.63) is 45.3 Å². The molecule has 5 nitrogen and oxygen atoms in total. The Bertz CT molecular complexity index is 433. The molecule has 0 aromatic heterocycles. The molecule has 0 fully saturated rings. The Morgan fingerprint density at radius 3 is 3.06 bits per heavy atom. The molecule has 1 aromatic carbocycles. The number of benzene rings is 1. The third kappa shape index (κ3) is 3.79. The molecule has 0 saturated heterocycles. The molecular formula is C10H10ClN5. The van der Waals surface area contributed by atoms with Crippen molar-refractivity contribution in [2.24, 2.45) is 5.11 Å². The van der Waals surface area contributed by atoms with Gasteiger partial charge in [0.2, 0.25) is 0 Å². The number of hydrogen-bond acceptors (Lipinski definition) is 3. The van der Waals surface area contributed by atoms with E-state index in [2.05, 4.69) is 21.4 Å². The average molecular weight is 236 g/mol. The Morgan fingerprint density at radius 2 is 2.44 bits per heavy atom. The predicted molar refractivity (Wildman–Crippen MR) is 61.8 cm³/mol. The van der Waals surface area contributed by atoms with E-state index in [9.17, 15) is 0 Å². The van der Waals surface area contributed by atoms with Crippen LogP contribution in [-0.2, 0) is 0 Å². The Morgan fingerprint density at radius 1 is 1.62 bits per heavy atom. The van der Waals surface area contributed by atoms with Crippen LogP contribution in [0.1, 0.15) is 11.6 Å². The fourth-order valence-corrected chi connectivity index (χ4v) is 1.43. The molecule has 16 heavy (non-hydrogen) atoms. The predicted octanol–water partition coefficient (Wildman–Crippen LogP) is 2.80. The molecule has 0 aliphatic carbocycles. The zero-order valence-electron chi connectivity index (χ0n) is 8.47. The summed E-state index contributed by atoms with van der Waals surface area (Å²) in [5.74, 6) is 0. The van der Waals surface area contributed by atoms with Crippen molar-refractivity contribution >= 4 is 11.6 Å². The lowest BCUT2D eigenvalue weighted by Gasteiger charge is -2.10. The number of hydrogen-bond donors (Lipinski definition) is 1. The molecule has 82 valence electrons. The molecule has 0 radical (unpaired) electrons. The Hall–Kier alpha value is -1.73. The highest BCUT2D eigenvalue weighted by Gasteiger charge is 2.08. The van der Waals surface area contributed by atoms with Crippen molar-refractivity contribution in [3.8, 4) is 6.07 Å². The molecule has 0 heterocycles. The molecule has 0 aliphatic heterocycles. The van der Waals surface area contributed by atoms with Crippen molar-refractivity contribution in [2.45, 2.75) is 6.04 Å². The van der Waals surface area contributed by atoms with Gasteiger partial charge in [0.05, 0.1) is 6.07 Å². The summed E-state index contributed by atoms with van der Waals surface area (Å²) in [5.41, 5.74) is 8.89. The summed E-state index contributed by atoms with van der Waals surface area (Å²) in [4.78, 5) is 2.63. The van der Waals surface area contributed by atoms with E-state index in [1.54, 1.807) is 18.2 Å². The van der Waals surface area contributed by atoms with Gasteiger partial charge in [-0.1, -0.05) is 28.8 Å². The third-order valence-electron chi connectivity index (χ3n) is 1.93. The molecule has 1 N–H and O–H groups in total. The smallest absolute Gasteiger partial charge is 0.121 e. The molecule has 1 unspecified atom stereocenters. The second kappa shape index (κ2) is 6.70. The summed E-state index contributed by atoms with van der Waals surface area (Å²) in [6.07, 6.45) is 0. The van der Waals surface area contributed by atoms with Crippen LogP contribution in [0.4, 0.5) is 0 Å². The summed E-state index contributed by atoms with van der Waals surface area (Å²) >= 11 is 5.83. The van der Waals surface area contributed by atoms with Gasteiger partial charge in [0.15, 0.2) is 0 Å². The minimum absolute atomic E-state index is 0.315. The van der Waals surface area contributed by atoms with Crippen LogP contribution in [0, 0.1) is 11.3 Å². The molecule has 0 bridgehead atoms. The van der Waals surface area contributed by atoms with Gasteiger partial charge >= 0.3 is 0 Å². The first-order valence-electron chi connectivity index (χ1n) is 4.67. The van der Waals surface area contributed by atoms with Gasteiger partial charge in [-0.05, 0) is 23.2 Å². The normalized spacial score (nSPS) is 11.2.